The summed E-state index contributed by atoms with van der Waals surface area (Å²) in [6.07, 6.45) is 6.21. The van der Waals surface area contributed by atoms with Crippen molar-refractivity contribution >= 4 is 23.5 Å². The monoisotopic (exact) mass is 467 g/mol. The number of aromatic nitrogens is 5. The maximum atomic E-state index is 9.79. The lowest BCUT2D eigenvalue weighted by Crippen LogP contribution is -2.35. The highest BCUT2D eigenvalue weighted by Gasteiger charge is 2.29. The summed E-state index contributed by atoms with van der Waals surface area (Å²) in [4.78, 5) is 21.8. The Kier molecular flexibility index (Phi) is 6.45. The highest BCUT2D eigenvalue weighted by atomic mass is 32.2. The Balaban J connectivity index is 1.29. The van der Waals surface area contributed by atoms with E-state index in [0.717, 1.165) is 66.0 Å². The molecule has 0 aliphatic carbocycles. The first-order valence-electron chi connectivity index (χ1n) is 11.5. The van der Waals surface area contributed by atoms with Crippen LogP contribution in [-0.2, 0) is 6.42 Å². The van der Waals surface area contributed by atoms with Gasteiger partial charge in [0.15, 0.2) is 0 Å². The van der Waals surface area contributed by atoms with Crippen molar-refractivity contribution in [3.8, 4) is 11.4 Å². The average molecular weight is 468 g/mol. The van der Waals surface area contributed by atoms with Gasteiger partial charge < -0.3 is 19.8 Å². The van der Waals surface area contributed by atoms with Crippen LogP contribution in [0.4, 0.5) is 11.8 Å². The van der Waals surface area contributed by atoms with Crippen LogP contribution in [0, 0.1) is 5.92 Å². The second-order valence-electron chi connectivity index (χ2n) is 8.88. The molecule has 9 nitrogen and oxygen atoms in total. The fourth-order valence-corrected chi connectivity index (χ4v) is 5.29. The van der Waals surface area contributed by atoms with Gasteiger partial charge in [-0.25, -0.2) is 4.98 Å². The topological polar surface area (TPSA) is 113 Å². The molecule has 1 fully saturated rings. The number of fused-ring (bicyclic) bond motifs is 1. The summed E-state index contributed by atoms with van der Waals surface area (Å²) in [5.41, 5.74) is 2.01. The number of nitrogens with zero attached hydrogens (tertiary/aromatic N) is 6. The van der Waals surface area contributed by atoms with E-state index in [-0.39, 0.29) is 18.6 Å². The van der Waals surface area contributed by atoms with Gasteiger partial charge in [-0.2, -0.15) is 9.97 Å². The van der Waals surface area contributed by atoms with Gasteiger partial charge in [0.2, 0.25) is 17.7 Å². The summed E-state index contributed by atoms with van der Waals surface area (Å²) in [5, 5.41) is 17.4. The van der Waals surface area contributed by atoms with Gasteiger partial charge >= 0.3 is 0 Å². The van der Waals surface area contributed by atoms with Crippen LogP contribution in [0.5, 0.6) is 0 Å². The number of pyridine rings is 1. The zero-order valence-electron chi connectivity index (χ0n) is 18.9. The van der Waals surface area contributed by atoms with Crippen LogP contribution in [0.15, 0.2) is 33.9 Å². The van der Waals surface area contributed by atoms with Crippen LogP contribution in [0.3, 0.4) is 0 Å². The number of hydrogen-bond acceptors (Lipinski definition) is 10. The molecule has 2 aliphatic heterocycles. The lowest BCUT2D eigenvalue weighted by atomic mass is 9.97. The third-order valence-electron chi connectivity index (χ3n) is 6.34. The number of hydrogen-bond donors (Lipinski definition) is 2. The maximum absolute atomic E-state index is 9.79. The molecule has 3 aromatic rings. The maximum Gasteiger partial charge on any atom is 0.230 e. The smallest absolute Gasteiger partial charge is 0.230 e. The van der Waals surface area contributed by atoms with E-state index in [1.807, 2.05) is 12.1 Å². The first-order chi connectivity index (χ1) is 16.1. The molecule has 0 aromatic carbocycles. The van der Waals surface area contributed by atoms with Crippen molar-refractivity contribution in [3.05, 3.63) is 36.1 Å². The number of aliphatic hydroxyl groups is 1. The van der Waals surface area contributed by atoms with Gasteiger partial charge in [-0.05, 0) is 30.9 Å². The molecule has 1 saturated heterocycles. The van der Waals surface area contributed by atoms with E-state index in [1.165, 1.54) is 0 Å². The van der Waals surface area contributed by atoms with Crippen molar-refractivity contribution in [2.45, 2.75) is 50.0 Å². The third-order valence-corrected chi connectivity index (χ3v) is 7.47. The molecule has 10 heteroatoms. The minimum Gasteiger partial charge on any atom is -0.394 e. The predicted molar refractivity (Wildman–Crippen MR) is 128 cm³/mol. The number of rotatable bonds is 7. The highest BCUT2D eigenvalue weighted by molar-refractivity contribution is 7.99. The van der Waals surface area contributed by atoms with Gasteiger partial charge in [-0.15, -0.1) is 11.8 Å². The molecule has 5 rings (SSSR count). The van der Waals surface area contributed by atoms with E-state index in [9.17, 15) is 5.11 Å². The molecule has 3 aromatic heterocycles. The Morgan fingerprint density at radius 3 is 2.70 bits per heavy atom. The van der Waals surface area contributed by atoms with Crippen LogP contribution in [-0.4, -0.2) is 61.7 Å². The van der Waals surface area contributed by atoms with Crippen LogP contribution >= 0.6 is 11.8 Å². The average Bonchev–Trinajstić information content (AvgIpc) is 3.53. The Morgan fingerprint density at radius 2 is 1.97 bits per heavy atom. The second kappa shape index (κ2) is 9.64. The molecule has 33 heavy (non-hydrogen) atoms. The summed E-state index contributed by atoms with van der Waals surface area (Å²) in [5.74, 6) is 4.47. The van der Waals surface area contributed by atoms with Crippen molar-refractivity contribution in [1.82, 2.24) is 25.1 Å². The minimum absolute atomic E-state index is 0.0316. The lowest BCUT2D eigenvalue weighted by molar-refractivity contribution is 0.249. The number of aryl methyl sites for hydroxylation is 1. The first-order valence-corrected chi connectivity index (χ1v) is 12.5. The minimum atomic E-state index is -0.0316. The molecule has 0 radical (unpaired) electrons. The summed E-state index contributed by atoms with van der Waals surface area (Å²) in [6.45, 7) is 5.94. The lowest BCUT2D eigenvalue weighted by Gasteiger charge is -2.31. The van der Waals surface area contributed by atoms with Crippen molar-refractivity contribution in [1.29, 1.82) is 0 Å². The molecule has 0 bridgehead atoms. The molecule has 0 saturated carbocycles. The Hall–Kier alpha value is -2.72. The molecule has 2 N–H and O–H groups in total. The number of thioether (sulfide) groups is 1. The Labute approximate surface area is 197 Å². The molecule has 1 atom stereocenters. The number of nitrogens with one attached hydrogen (secondary N) is 1. The van der Waals surface area contributed by atoms with E-state index in [0.29, 0.717) is 17.6 Å². The fraction of sp³-hybridized carbons (Fsp3) is 0.522. The van der Waals surface area contributed by atoms with E-state index in [1.54, 1.807) is 24.2 Å². The Bertz CT molecular complexity index is 1080. The van der Waals surface area contributed by atoms with Gasteiger partial charge in [0, 0.05) is 49.1 Å². The zero-order valence-corrected chi connectivity index (χ0v) is 19.8. The SMILES string of the molecule is CC(C)C(CO)Nc1nc(N2CCC(c3nc(-c4ccncc4)no3)CC2)nc2c1SCC2. The normalized spacial score (nSPS) is 17.4. The number of piperidine rings is 1. The largest absolute Gasteiger partial charge is 0.394 e. The highest BCUT2D eigenvalue weighted by Crippen LogP contribution is 2.38. The molecule has 5 heterocycles. The second-order valence-corrected chi connectivity index (χ2v) is 9.98. The number of aliphatic hydroxyl groups excluding tert-OH is 1. The quantitative estimate of drug-likeness (QED) is 0.536. The third kappa shape index (κ3) is 4.67. The summed E-state index contributed by atoms with van der Waals surface area (Å²) in [6, 6.07) is 3.73. The van der Waals surface area contributed by atoms with Gasteiger partial charge in [-0.1, -0.05) is 19.0 Å². The predicted octanol–water partition coefficient (Wildman–Crippen LogP) is 3.38. The van der Waals surface area contributed by atoms with E-state index in [2.05, 4.69) is 39.2 Å². The fourth-order valence-electron chi connectivity index (χ4n) is 4.24. The summed E-state index contributed by atoms with van der Waals surface area (Å²) >= 11 is 1.79. The Morgan fingerprint density at radius 1 is 1.18 bits per heavy atom. The zero-order chi connectivity index (χ0) is 22.8. The van der Waals surface area contributed by atoms with E-state index < -0.39 is 0 Å². The molecule has 0 spiro atoms. The molecule has 2 aliphatic rings. The standard InChI is InChI=1S/C23H29N7O2S/c1-14(2)18(13-31)25-21-19-17(7-12-33-19)26-23(28-21)30-10-5-16(6-11-30)22-27-20(29-32-22)15-3-8-24-9-4-15/h3-4,8-9,14,16,18,31H,5-7,10-13H2,1-2H3,(H,25,26,28). The molecular weight excluding hydrogens is 438 g/mol. The summed E-state index contributed by atoms with van der Waals surface area (Å²) in [7, 11) is 0. The first kappa shape index (κ1) is 22.1. The van der Waals surface area contributed by atoms with Crippen molar-refractivity contribution in [3.63, 3.8) is 0 Å². The van der Waals surface area contributed by atoms with E-state index >= 15 is 0 Å². The van der Waals surface area contributed by atoms with Gasteiger partial charge in [0.05, 0.1) is 23.2 Å². The summed E-state index contributed by atoms with van der Waals surface area (Å²) < 4.78 is 5.59. The molecule has 0 amide bonds. The van der Waals surface area contributed by atoms with Crippen molar-refractivity contribution in [2.24, 2.45) is 5.92 Å². The van der Waals surface area contributed by atoms with Gasteiger partial charge in [0.1, 0.15) is 5.82 Å². The molecule has 174 valence electrons. The van der Waals surface area contributed by atoms with Crippen molar-refractivity contribution < 1.29 is 9.63 Å². The van der Waals surface area contributed by atoms with Crippen LogP contribution in [0.2, 0.25) is 0 Å². The van der Waals surface area contributed by atoms with Gasteiger partial charge in [-0.3, -0.25) is 4.98 Å². The van der Waals surface area contributed by atoms with E-state index in [4.69, 9.17) is 14.5 Å². The van der Waals surface area contributed by atoms with Crippen LogP contribution in [0.25, 0.3) is 11.4 Å². The number of anilines is 2. The van der Waals surface area contributed by atoms with Crippen LogP contribution in [0.1, 0.15) is 44.2 Å². The van der Waals surface area contributed by atoms with Crippen molar-refractivity contribution in [2.75, 3.05) is 35.7 Å². The van der Waals surface area contributed by atoms with Crippen LogP contribution < -0.4 is 10.2 Å². The van der Waals surface area contributed by atoms with Gasteiger partial charge in [0.25, 0.3) is 0 Å². The molecule has 1 unspecified atom stereocenters. The molecular formula is C23H29N7O2S.